The second kappa shape index (κ2) is 7.83. The number of piperazine rings is 1. The number of amides is 2. The zero-order valence-electron chi connectivity index (χ0n) is 16.4. The second-order valence-electron chi connectivity index (χ2n) is 7.27. The maximum absolute atomic E-state index is 13.0. The zero-order valence-corrected chi connectivity index (χ0v) is 16.4. The number of rotatable bonds is 4. The molecule has 0 unspecified atom stereocenters. The molecule has 2 fully saturated rings. The monoisotopic (exact) mass is 386 g/mol. The van der Waals surface area contributed by atoms with Crippen LogP contribution in [0.25, 0.3) is 11.0 Å². The number of carbonyl (C=O) groups excluding carboxylic acids is 2. The number of fused-ring (bicyclic) bond motifs is 1. The Balaban J connectivity index is 1.45. The van der Waals surface area contributed by atoms with Crippen molar-refractivity contribution in [2.75, 3.05) is 39.4 Å². The van der Waals surface area contributed by atoms with Crippen LogP contribution in [0.2, 0.25) is 0 Å². The summed E-state index contributed by atoms with van der Waals surface area (Å²) in [6.07, 6.45) is 1.42. The molecule has 7 heteroatoms. The standard InChI is InChI=1S/C21H26N2O5/c1-3-26-15-6-7-17-16(13-15)14(2)19(28-17)21(25)23-10-8-22(9-11-23)20(24)18-5-4-12-27-18/h6-7,13,18H,3-5,8-12H2,1-2H3/t18-/m0/s1. The molecule has 150 valence electrons. The Kier molecular flexibility index (Phi) is 5.26. The van der Waals surface area contributed by atoms with Crippen molar-refractivity contribution in [1.29, 1.82) is 0 Å². The summed E-state index contributed by atoms with van der Waals surface area (Å²) >= 11 is 0. The van der Waals surface area contributed by atoms with Crippen LogP contribution in [0.1, 0.15) is 35.9 Å². The molecule has 0 bridgehead atoms. The van der Waals surface area contributed by atoms with Crippen molar-refractivity contribution in [3.8, 4) is 5.75 Å². The van der Waals surface area contributed by atoms with Crippen LogP contribution in [0.5, 0.6) is 5.75 Å². The highest BCUT2D eigenvalue weighted by Crippen LogP contribution is 2.30. The van der Waals surface area contributed by atoms with E-state index < -0.39 is 0 Å². The summed E-state index contributed by atoms with van der Waals surface area (Å²) in [4.78, 5) is 29.0. The molecule has 2 aromatic rings. The van der Waals surface area contributed by atoms with Crippen molar-refractivity contribution in [2.45, 2.75) is 32.8 Å². The summed E-state index contributed by atoms with van der Waals surface area (Å²) in [6, 6.07) is 5.59. The van der Waals surface area contributed by atoms with Crippen LogP contribution in [0.3, 0.4) is 0 Å². The quantitative estimate of drug-likeness (QED) is 0.808. The van der Waals surface area contributed by atoms with Crippen molar-refractivity contribution in [3.05, 3.63) is 29.5 Å². The van der Waals surface area contributed by atoms with Crippen molar-refractivity contribution in [1.82, 2.24) is 9.80 Å². The highest BCUT2D eigenvalue weighted by Gasteiger charge is 2.32. The molecule has 28 heavy (non-hydrogen) atoms. The number of benzene rings is 1. The topological polar surface area (TPSA) is 72.2 Å². The number of aryl methyl sites for hydroxylation is 1. The van der Waals surface area contributed by atoms with Crippen LogP contribution in [0.4, 0.5) is 0 Å². The van der Waals surface area contributed by atoms with Crippen molar-refractivity contribution < 1.29 is 23.5 Å². The first kappa shape index (κ1) is 18.8. The van der Waals surface area contributed by atoms with E-state index in [-0.39, 0.29) is 17.9 Å². The van der Waals surface area contributed by atoms with Gasteiger partial charge in [-0.1, -0.05) is 0 Å². The Bertz CT molecular complexity index is 876. The van der Waals surface area contributed by atoms with Crippen LogP contribution in [-0.2, 0) is 9.53 Å². The summed E-state index contributed by atoms with van der Waals surface area (Å²) in [5.41, 5.74) is 1.50. The maximum Gasteiger partial charge on any atom is 0.290 e. The average Bonchev–Trinajstić information content (AvgIpc) is 3.36. The molecule has 0 spiro atoms. The third-order valence-electron chi connectivity index (χ3n) is 5.50. The molecule has 2 aliphatic rings. The largest absolute Gasteiger partial charge is 0.494 e. The number of hydrogen-bond donors (Lipinski definition) is 0. The molecule has 3 heterocycles. The first-order valence-corrected chi connectivity index (χ1v) is 9.94. The zero-order chi connectivity index (χ0) is 19.7. The molecular formula is C21H26N2O5. The Hall–Kier alpha value is -2.54. The normalized spacial score (nSPS) is 20.0. The van der Waals surface area contributed by atoms with Gasteiger partial charge in [0.05, 0.1) is 6.61 Å². The number of nitrogens with zero attached hydrogens (tertiary/aromatic N) is 2. The third kappa shape index (κ3) is 3.46. The molecule has 0 N–H and O–H groups in total. The van der Waals surface area contributed by atoms with E-state index in [1.54, 1.807) is 9.80 Å². The minimum absolute atomic E-state index is 0.0490. The van der Waals surface area contributed by atoms with Crippen LogP contribution >= 0.6 is 0 Å². The third-order valence-corrected chi connectivity index (χ3v) is 5.50. The minimum Gasteiger partial charge on any atom is -0.494 e. The van der Waals surface area contributed by atoms with E-state index in [1.807, 2.05) is 32.0 Å². The summed E-state index contributed by atoms with van der Waals surface area (Å²) in [5.74, 6) is 1.05. The van der Waals surface area contributed by atoms with Gasteiger partial charge in [0.1, 0.15) is 17.4 Å². The van der Waals surface area contributed by atoms with E-state index in [0.717, 1.165) is 29.5 Å². The molecule has 2 saturated heterocycles. The molecule has 1 aromatic heterocycles. The molecule has 1 atom stereocenters. The van der Waals surface area contributed by atoms with E-state index in [9.17, 15) is 9.59 Å². The molecule has 0 saturated carbocycles. The highest BCUT2D eigenvalue weighted by molar-refractivity contribution is 5.99. The van der Waals surface area contributed by atoms with E-state index >= 15 is 0 Å². The molecule has 0 radical (unpaired) electrons. The Morgan fingerprint density at radius 2 is 1.93 bits per heavy atom. The second-order valence-corrected chi connectivity index (χ2v) is 7.27. The van der Waals surface area contributed by atoms with Gasteiger partial charge in [0.25, 0.3) is 11.8 Å². The fourth-order valence-electron chi connectivity index (χ4n) is 3.91. The van der Waals surface area contributed by atoms with Crippen LogP contribution in [0.15, 0.2) is 22.6 Å². The van der Waals surface area contributed by atoms with Gasteiger partial charge in [0.15, 0.2) is 5.76 Å². The highest BCUT2D eigenvalue weighted by atomic mass is 16.5. The number of furan rings is 1. The fraction of sp³-hybridized carbons (Fsp3) is 0.524. The van der Waals surface area contributed by atoms with Crippen molar-refractivity contribution >= 4 is 22.8 Å². The Morgan fingerprint density at radius 1 is 1.18 bits per heavy atom. The lowest BCUT2D eigenvalue weighted by molar-refractivity contribution is -0.142. The van der Waals surface area contributed by atoms with Crippen molar-refractivity contribution in [2.24, 2.45) is 0 Å². The first-order chi connectivity index (χ1) is 13.6. The van der Waals surface area contributed by atoms with E-state index in [1.165, 1.54) is 0 Å². The molecule has 1 aromatic carbocycles. The van der Waals surface area contributed by atoms with Crippen molar-refractivity contribution in [3.63, 3.8) is 0 Å². The van der Waals surface area contributed by atoms with Gasteiger partial charge in [-0.3, -0.25) is 9.59 Å². The Labute approximate surface area is 164 Å². The lowest BCUT2D eigenvalue weighted by atomic mass is 10.1. The average molecular weight is 386 g/mol. The molecule has 4 rings (SSSR count). The first-order valence-electron chi connectivity index (χ1n) is 9.94. The predicted octanol–water partition coefficient (Wildman–Crippen LogP) is 2.60. The van der Waals surface area contributed by atoms with Gasteiger partial charge in [-0.25, -0.2) is 0 Å². The van der Waals surface area contributed by atoms with Gasteiger partial charge in [0, 0.05) is 43.7 Å². The van der Waals surface area contributed by atoms with Crippen LogP contribution < -0.4 is 4.74 Å². The van der Waals surface area contributed by atoms with E-state index in [4.69, 9.17) is 13.9 Å². The molecule has 2 amide bonds. The van der Waals surface area contributed by atoms with Gasteiger partial charge >= 0.3 is 0 Å². The van der Waals surface area contributed by atoms with Gasteiger partial charge in [-0.05, 0) is 44.9 Å². The smallest absolute Gasteiger partial charge is 0.290 e. The van der Waals surface area contributed by atoms with E-state index in [2.05, 4.69) is 0 Å². The molecule has 2 aliphatic heterocycles. The fourth-order valence-corrected chi connectivity index (χ4v) is 3.91. The maximum atomic E-state index is 13.0. The summed E-state index contributed by atoms with van der Waals surface area (Å²) < 4.78 is 16.9. The predicted molar refractivity (Wildman–Crippen MR) is 104 cm³/mol. The lowest BCUT2D eigenvalue weighted by Gasteiger charge is -2.35. The minimum atomic E-state index is -0.306. The van der Waals surface area contributed by atoms with Gasteiger partial charge < -0.3 is 23.7 Å². The van der Waals surface area contributed by atoms with Gasteiger partial charge in [-0.15, -0.1) is 0 Å². The summed E-state index contributed by atoms with van der Waals surface area (Å²) in [5, 5.41) is 0.890. The van der Waals surface area contributed by atoms with Gasteiger partial charge in [0.2, 0.25) is 0 Å². The number of ether oxygens (including phenoxy) is 2. The number of hydrogen-bond acceptors (Lipinski definition) is 5. The lowest BCUT2D eigenvalue weighted by Crippen LogP contribution is -2.52. The van der Waals surface area contributed by atoms with Crippen LogP contribution in [0, 0.1) is 6.92 Å². The Morgan fingerprint density at radius 3 is 2.61 bits per heavy atom. The summed E-state index contributed by atoms with van der Waals surface area (Å²) in [6.45, 7) is 7.12. The SMILES string of the molecule is CCOc1ccc2oc(C(=O)N3CCN(C(=O)[C@@H]4CCCO4)CC3)c(C)c2c1. The van der Waals surface area contributed by atoms with E-state index in [0.29, 0.717) is 50.7 Å². The summed E-state index contributed by atoms with van der Waals surface area (Å²) in [7, 11) is 0. The molecule has 7 nitrogen and oxygen atoms in total. The van der Waals surface area contributed by atoms with Gasteiger partial charge in [-0.2, -0.15) is 0 Å². The van der Waals surface area contributed by atoms with Crippen LogP contribution in [-0.4, -0.2) is 67.1 Å². The molecular weight excluding hydrogens is 360 g/mol. The molecule has 0 aliphatic carbocycles. The number of carbonyl (C=O) groups is 2.